The standard InChI is InChI=1S/C22H30Cl2O6S/c1-22(29,12-30-19-9-8-14(23)10-16(19)24)13-31-21-15(17(25)11-18(21)26)6-4-2-3-5-7-20(27)28/h8-10,15,18,21,26,29H,2-7,11-13H2,1H3,(H,27,28)/t15-,18?,21+,22?/m0/s1. The van der Waals surface area contributed by atoms with E-state index in [-0.39, 0.29) is 36.4 Å². The molecule has 1 aliphatic rings. The zero-order chi connectivity index (χ0) is 23.0. The summed E-state index contributed by atoms with van der Waals surface area (Å²) in [5.41, 5.74) is -1.18. The molecular formula is C22H30Cl2O6S. The lowest BCUT2D eigenvalue weighted by molar-refractivity contribution is -0.137. The highest BCUT2D eigenvalue weighted by molar-refractivity contribution is 8.00. The molecule has 174 valence electrons. The average Bonchev–Trinajstić information content (AvgIpc) is 2.94. The zero-order valence-electron chi connectivity index (χ0n) is 17.6. The van der Waals surface area contributed by atoms with Crippen molar-refractivity contribution in [2.45, 2.75) is 68.8 Å². The Bertz CT molecular complexity index is 758. The van der Waals surface area contributed by atoms with Gasteiger partial charge in [0.25, 0.3) is 0 Å². The lowest BCUT2D eigenvalue weighted by atomic mass is 9.98. The van der Waals surface area contributed by atoms with Crippen LogP contribution in [0.5, 0.6) is 5.75 Å². The minimum atomic E-state index is -1.18. The van der Waals surface area contributed by atoms with Gasteiger partial charge in [-0.25, -0.2) is 0 Å². The number of rotatable bonds is 13. The molecule has 0 radical (unpaired) electrons. The van der Waals surface area contributed by atoms with E-state index < -0.39 is 17.7 Å². The Morgan fingerprint density at radius 3 is 2.65 bits per heavy atom. The summed E-state index contributed by atoms with van der Waals surface area (Å²) in [6.07, 6.45) is 3.36. The first-order valence-corrected chi connectivity index (χ1v) is 12.2. The number of aliphatic hydroxyl groups excluding tert-OH is 1. The number of carboxylic acid groups (broad SMARTS) is 1. The van der Waals surface area contributed by atoms with Gasteiger partial charge in [0.15, 0.2) is 0 Å². The normalized spacial score (nSPS) is 23.0. The molecule has 1 fully saturated rings. The largest absolute Gasteiger partial charge is 0.489 e. The van der Waals surface area contributed by atoms with E-state index in [1.54, 1.807) is 25.1 Å². The fourth-order valence-corrected chi connectivity index (χ4v) is 5.55. The molecule has 1 aromatic carbocycles. The number of Topliss-reactive ketones (excluding diaryl/α,β-unsaturated/α-hetero) is 1. The summed E-state index contributed by atoms with van der Waals surface area (Å²) < 4.78 is 5.64. The molecule has 0 saturated heterocycles. The maximum absolute atomic E-state index is 12.3. The first-order chi connectivity index (χ1) is 14.6. The molecule has 1 saturated carbocycles. The van der Waals surface area contributed by atoms with Crippen LogP contribution in [0.15, 0.2) is 18.2 Å². The van der Waals surface area contributed by atoms with Crippen LogP contribution in [0.25, 0.3) is 0 Å². The van der Waals surface area contributed by atoms with Crippen LogP contribution in [0, 0.1) is 5.92 Å². The van der Waals surface area contributed by atoms with Gasteiger partial charge in [-0.3, -0.25) is 9.59 Å². The van der Waals surface area contributed by atoms with Gasteiger partial charge < -0.3 is 20.1 Å². The van der Waals surface area contributed by atoms with Crippen molar-refractivity contribution in [3.63, 3.8) is 0 Å². The Kier molecular flexibility index (Phi) is 10.4. The van der Waals surface area contributed by atoms with Crippen molar-refractivity contribution >= 4 is 46.7 Å². The van der Waals surface area contributed by atoms with Gasteiger partial charge in [-0.1, -0.05) is 42.5 Å². The topological polar surface area (TPSA) is 104 Å². The number of unbranched alkanes of at least 4 members (excludes halogenated alkanes) is 3. The maximum Gasteiger partial charge on any atom is 0.303 e. The number of thioether (sulfide) groups is 1. The third kappa shape index (κ3) is 8.81. The summed E-state index contributed by atoms with van der Waals surface area (Å²) in [6.45, 7) is 1.65. The summed E-state index contributed by atoms with van der Waals surface area (Å²) in [4.78, 5) is 22.9. The number of carboxylic acids is 1. The highest BCUT2D eigenvalue weighted by Gasteiger charge is 2.42. The fraction of sp³-hybridized carbons (Fsp3) is 0.636. The number of aliphatic hydroxyl groups is 2. The number of halogens is 2. The number of carbonyl (C=O) groups is 2. The van der Waals surface area contributed by atoms with Crippen LogP contribution in [0.1, 0.15) is 51.9 Å². The van der Waals surface area contributed by atoms with Crippen LogP contribution in [-0.2, 0) is 9.59 Å². The van der Waals surface area contributed by atoms with E-state index in [2.05, 4.69) is 0 Å². The second kappa shape index (κ2) is 12.3. The van der Waals surface area contributed by atoms with Gasteiger partial charge in [0.2, 0.25) is 0 Å². The molecule has 2 unspecified atom stereocenters. The fourth-order valence-electron chi connectivity index (χ4n) is 3.61. The number of benzene rings is 1. The summed E-state index contributed by atoms with van der Waals surface area (Å²) in [5, 5.41) is 30.3. The molecular weight excluding hydrogens is 463 g/mol. The molecule has 9 heteroatoms. The number of aliphatic carboxylic acids is 1. The second-order valence-corrected chi connectivity index (χ2v) is 10.3. The van der Waals surface area contributed by atoms with Crippen molar-refractivity contribution in [1.29, 1.82) is 0 Å². The van der Waals surface area contributed by atoms with Gasteiger partial charge in [-0.2, -0.15) is 11.8 Å². The highest BCUT2D eigenvalue weighted by Crippen LogP contribution is 2.38. The molecule has 31 heavy (non-hydrogen) atoms. The van der Waals surface area contributed by atoms with E-state index in [9.17, 15) is 19.8 Å². The maximum atomic E-state index is 12.3. The highest BCUT2D eigenvalue weighted by atomic mass is 35.5. The summed E-state index contributed by atoms with van der Waals surface area (Å²) >= 11 is 13.4. The van der Waals surface area contributed by atoms with E-state index in [1.807, 2.05) is 0 Å². The van der Waals surface area contributed by atoms with Crippen LogP contribution in [-0.4, -0.2) is 56.4 Å². The van der Waals surface area contributed by atoms with Crippen LogP contribution in [0.3, 0.4) is 0 Å². The van der Waals surface area contributed by atoms with Crippen molar-refractivity contribution in [3.8, 4) is 5.75 Å². The van der Waals surface area contributed by atoms with E-state index in [0.29, 0.717) is 34.4 Å². The third-order valence-electron chi connectivity index (χ3n) is 5.27. The molecule has 2 rings (SSSR count). The molecule has 3 N–H and O–H groups in total. The lowest BCUT2D eigenvalue weighted by Crippen LogP contribution is -2.37. The molecule has 0 spiro atoms. The average molecular weight is 493 g/mol. The summed E-state index contributed by atoms with van der Waals surface area (Å²) in [5.74, 6) is -0.267. The predicted molar refractivity (Wildman–Crippen MR) is 123 cm³/mol. The van der Waals surface area contributed by atoms with Gasteiger partial charge in [-0.05, 0) is 38.0 Å². The Balaban J connectivity index is 1.81. The lowest BCUT2D eigenvalue weighted by Gasteiger charge is -2.27. The number of ether oxygens (including phenoxy) is 1. The van der Waals surface area contributed by atoms with Gasteiger partial charge in [0.1, 0.15) is 23.7 Å². The third-order valence-corrected chi connectivity index (χ3v) is 7.62. The first-order valence-electron chi connectivity index (χ1n) is 10.4. The molecule has 6 nitrogen and oxygen atoms in total. The zero-order valence-corrected chi connectivity index (χ0v) is 19.9. The van der Waals surface area contributed by atoms with Gasteiger partial charge in [0.05, 0.1) is 11.1 Å². The predicted octanol–water partition coefficient (Wildman–Crippen LogP) is 4.60. The van der Waals surface area contributed by atoms with Crippen molar-refractivity contribution in [1.82, 2.24) is 0 Å². The number of ketones is 1. The molecule has 0 amide bonds. The quantitative estimate of drug-likeness (QED) is 0.345. The van der Waals surface area contributed by atoms with Gasteiger partial charge in [0, 0.05) is 34.8 Å². The molecule has 4 atom stereocenters. The van der Waals surface area contributed by atoms with Crippen LogP contribution in [0.2, 0.25) is 10.0 Å². The molecule has 1 aliphatic carbocycles. The Hall–Kier alpha value is -0.990. The minimum absolute atomic E-state index is 0.00631. The van der Waals surface area contributed by atoms with E-state index in [1.165, 1.54) is 11.8 Å². The molecule has 0 aromatic heterocycles. The number of hydrogen-bond donors (Lipinski definition) is 3. The van der Waals surface area contributed by atoms with Crippen molar-refractivity contribution in [2.75, 3.05) is 12.4 Å². The Labute approximate surface area is 197 Å². The molecule has 0 bridgehead atoms. The van der Waals surface area contributed by atoms with Crippen LogP contribution >= 0.6 is 35.0 Å². The Morgan fingerprint density at radius 2 is 1.97 bits per heavy atom. The van der Waals surface area contributed by atoms with Crippen LogP contribution in [0.4, 0.5) is 0 Å². The van der Waals surface area contributed by atoms with Crippen molar-refractivity contribution < 1.29 is 29.6 Å². The SMILES string of the molecule is CC(O)(COc1ccc(Cl)cc1Cl)CS[C@H]1C(O)CC(=O)[C@@H]1CCCCCCC(=O)O. The first kappa shape index (κ1) is 26.3. The van der Waals surface area contributed by atoms with Gasteiger partial charge in [-0.15, -0.1) is 0 Å². The van der Waals surface area contributed by atoms with E-state index in [4.69, 9.17) is 33.0 Å². The monoisotopic (exact) mass is 492 g/mol. The smallest absolute Gasteiger partial charge is 0.303 e. The number of carbonyl (C=O) groups excluding carboxylic acids is 1. The van der Waals surface area contributed by atoms with E-state index >= 15 is 0 Å². The number of hydrogen-bond acceptors (Lipinski definition) is 6. The molecule has 1 aromatic rings. The summed E-state index contributed by atoms with van der Waals surface area (Å²) in [6, 6.07) is 4.85. The van der Waals surface area contributed by atoms with E-state index in [0.717, 1.165) is 19.3 Å². The van der Waals surface area contributed by atoms with Crippen molar-refractivity contribution in [2.24, 2.45) is 5.92 Å². The Morgan fingerprint density at radius 1 is 1.26 bits per heavy atom. The van der Waals surface area contributed by atoms with Gasteiger partial charge >= 0.3 is 5.97 Å². The van der Waals surface area contributed by atoms with Crippen molar-refractivity contribution in [3.05, 3.63) is 28.2 Å². The molecule has 0 heterocycles. The van der Waals surface area contributed by atoms with Crippen LogP contribution < -0.4 is 4.74 Å². The second-order valence-electron chi connectivity index (χ2n) is 8.33. The molecule has 0 aliphatic heterocycles. The minimum Gasteiger partial charge on any atom is -0.489 e. The summed E-state index contributed by atoms with van der Waals surface area (Å²) in [7, 11) is 0.